The zero-order valence-corrected chi connectivity index (χ0v) is 17.5. The van der Waals surface area contributed by atoms with Crippen LogP contribution in [0.25, 0.3) is 0 Å². The number of para-hydroxylation sites is 1. The van der Waals surface area contributed by atoms with Crippen LogP contribution in [0.1, 0.15) is 18.1 Å². The first-order valence-corrected chi connectivity index (χ1v) is 11.0. The summed E-state index contributed by atoms with van der Waals surface area (Å²) in [6.07, 6.45) is 0.870. The first-order valence-electron chi connectivity index (χ1n) is 9.58. The predicted molar refractivity (Wildman–Crippen MR) is 111 cm³/mol. The molecule has 0 saturated carbocycles. The summed E-state index contributed by atoms with van der Waals surface area (Å²) >= 11 is 0. The van der Waals surface area contributed by atoms with Crippen LogP contribution in [0.15, 0.2) is 47.4 Å². The van der Waals surface area contributed by atoms with Gasteiger partial charge in [-0.05, 0) is 35.7 Å². The van der Waals surface area contributed by atoms with E-state index in [9.17, 15) is 13.2 Å². The summed E-state index contributed by atoms with van der Waals surface area (Å²) in [5.41, 5.74) is 2.42. The fourth-order valence-electron chi connectivity index (χ4n) is 3.29. The average molecular weight is 419 g/mol. The number of methoxy groups -OCH3 is 1. The number of hydrogen-bond acceptors (Lipinski definition) is 5. The van der Waals surface area contributed by atoms with Crippen LogP contribution < -0.4 is 10.1 Å². The minimum atomic E-state index is -3.74. The highest BCUT2D eigenvalue weighted by Crippen LogP contribution is 2.29. The minimum absolute atomic E-state index is 0.0632. The molecule has 1 amide bonds. The molecule has 0 aromatic heterocycles. The van der Waals surface area contributed by atoms with E-state index in [4.69, 9.17) is 9.47 Å². The third-order valence-electron chi connectivity index (χ3n) is 4.85. The molecule has 0 aliphatic carbocycles. The lowest BCUT2D eigenvalue weighted by molar-refractivity contribution is -0.115. The second-order valence-electron chi connectivity index (χ2n) is 6.74. The molecule has 1 aliphatic heterocycles. The molecule has 3 rings (SSSR count). The number of morpholine rings is 1. The summed E-state index contributed by atoms with van der Waals surface area (Å²) in [7, 11) is -2.30. The van der Waals surface area contributed by atoms with Gasteiger partial charge in [0.05, 0.1) is 26.7 Å². The molecular weight excluding hydrogens is 392 g/mol. The zero-order valence-electron chi connectivity index (χ0n) is 16.7. The van der Waals surface area contributed by atoms with Gasteiger partial charge in [-0.3, -0.25) is 4.79 Å². The van der Waals surface area contributed by atoms with Gasteiger partial charge >= 0.3 is 0 Å². The van der Waals surface area contributed by atoms with Gasteiger partial charge in [0.1, 0.15) is 10.6 Å². The summed E-state index contributed by atoms with van der Waals surface area (Å²) in [5.74, 6) is 0.0581. The van der Waals surface area contributed by atoms with Crippen molar-refractivity contribution >= 4 is 21.6 Å². The number of hydrogen-bond donors (Lipinski definition) is 1. The molecule has 2 aromatic rings. The second-order valence-corrected chi connectivity index (χ2v) is 8.64. The van der Waals surface area contributed by atoms with Crippen LogP contribution in [-0.4, -0.2) is 52.0 Å². The van der Waals surface area contributed by atoms with Crippen molar-refractivity contribution in [1.29, 1.82) is 0 Å². The highest BCUT2D eigenvalue weighted by atomic mass is 32.2. The Morgan fingerprint density at radius 3 is 2.59 bits per heavy atom. The Morgan fingerprint density at radius 2 is 1.90 bits per heavy atom. The molecule has 1 heterocycles. The number of aryl methyl sites for hydroxylation is 1. The van der Waals surface area contributed by atoms with E-state index in [-0.39, 0.29) is 23.0 Å². The molecule has 156 valence electrons. The Morgan fingerprint density at radius 1 is 1.17 bits per heavy atom. The van der Waals surface area contributed by atoms with Crippen molar-refractivity contribution in [3.05, 3.63) is 53.6 Å². The maximum absolute atomic E-state index is 13.1. The number of carbonyl (C=O) groups excluding carboxylic acids is 1. The van der Waals surface area contributed by atoms with Gasteiger partial charge < -0.3 is 14.8 Å². The number of benzene rings is 2. The number of ether oxygens (including phenoxy) is 2. The molecule has 0 radical (unpaired) electrons. The van der Waals surface area contributed by atoms with Crippen LogP contribution in [-0.2, 0) is 32.4 Å². The first-order chi connectivity index (χ1) is 14.0. The summed E-state index contributed by atoms with van der Waals surface area (Å²) in [6.45, 7) is 3.34. The standard InChI is InChI=1S/C21H26N2O5S/c1-3-17-6-4-5-7-18(17)22-21(24)15-16-8-9-19(27-2)20(14-16)29(25,26)23-10-12-28-13-11-23/h4-9,14H,3,10-13,15H2,1-2H3,(H,22,24). The lowest BCUT2D eigenvalue weighted by Gasteiger charge is -2.26. The molecule has 7 nitrogen and oxygen atoms in total. The van der Waals surface area contributed by atoms with Crippen molar-refractivity contribution < 1.29 is 22.7 Å². The quantitative estimate of drug-likeness (QED) is 0.747. The molecule has 0 atom stereocenters. The highest BCUT2D eigenvalue weighted by molar-refractivity contribution is 7.89. The molecule has 1 N–H and O–H groups in total. The fraction of sp³-hybridized carbons (Fsp3) is 0.381. The summed E-state index contributed by atoms with van der Waals surface area (Å²) in [5, 5.41) is 2.91. The van der Waals surface area contributed by atoms with E-state index in [1.807, 2.05) is 31.2 Å². The summed E-state index contributed by atoms with van der Waals surface area (Å²) < 4.78 is 38.0. The third kappa shape index (κ3) is 4.95. The Balaban J connectivity index is 1.82. The fourth-order valence-corrected chi connectivity index (χ4v) is 4.90. The number of rotatable bonds is 7. The van der Waals surface area contributed by atoms with Crippen LogP contribution >= 0.6 is 0 Å². The largest absolute Gasteiger partial charge is 0.495 e. The molecule has 2 aromatic carbocycles. The maximum atomic E-state index is 13.1. The van der Waals surface area contributed by atoms with Crippen molar-refractivity contribution in [2.75, 3.05) is 38.7 Å². The van der Waals surface area contributed by atoms with Crippen molar-refractivity contribution in [2.45, 2.75) is 24.7 Å². The van der Waals surface area contributed by atoms with Crippen molar-refractivity contribution in [2.24, 2.45) is 0 Å². The van der Waals surface area contributed by atoms with Crippen molar-refractivity contribution in [3.8, 4) is 5.75 Å². The van der Waals surface area contributed by atoms with Gasteiger partial charge in [-0.1, -0.05) is 31.2 Å². The minimum Gasteiger partial charge on any atom is -0.495 e. The Hall–Kier alpha value is -2.42. The van der Waals surface area contributed by atoms with Gasteiger partial charge in [0.15, 0.2) is 0 Å². The van der Waals surface area contributed by atoms with E-state index in [1.165, 1.54) is 17.5 Å². The Labute approximate surface area is 171 Å². The maximum Gasteiger partial charge on any atom is 0.246 e. The Bertz CT molecular complexity index is 969. The van der Waals surface area contributed by atoms with Gasteiger partial charge in [-0.15, -0.1) is 0 Å². The lowest BCUT2D eigenvalue weighted by atomic mass is 10.1. The van der Waals surface area contributed by atoms with Gasteiger partial charge in [-0.25, -0.2) is 8.42 Å². The van der Waals surface area contributed by atoms with E-state index in [2.05, 4.69) is 5.32 Å². The molecule has 0 spiro atoms. The number of sulfonamides is 1. The monoisotopic (exact) mass is 418 g/mol. The molecule has 1 saturated heterocycles. The van der Waals surface area contributed by atoms with Crippen LogP contribution in [0.5, 0.6) is 5.75 Å². The van der Waals surface area contributed by atoms with Gasteiger partial charge in [0.2, 0.25) is 15.9 Å². The number of anilines is 1. The SMILES string of the molecule is CCc1ccccc1NC(=O)Cc1ccc(OC)c(S(=O)(=O)N2CCOCC2)c1. The zero-order chi connectivity index (χ0) is 20.9. The van der Waals surface area contributed by atoms with Crippen LogP contribution in [0, 0.1) is 0 Å². The molecule has 0 bridgehead atoms. The Kier molecular flexibility index (Phi) is 6.89. The summed E-state index contributed by atoms with van der Waals surface area (Å²) in [4.78, 5) is 12.6. The normalized spacial score (nSPS) is 15.1. The third-order valence-corrected chi connectivity index (χ3v) is 6.77. The number of amides is 1. The molecule has 1 fully saturated rings. The van der Waals surface area contributed by atoms with Gasteiger partial charge in [0.25, 0.3) is 0 Å². The average Bonchev–Trinajstić information content (AvgIpc) is 2.74. The first kappa shape index (κ1) is 21.3. The topological polar surface area (TPSA) is 84.9 Å². The predicted octanol–water partition coefficient (Wildman–Crippen LogP) is 2.46. The van der Waals surface area contributed by atoms with E-state index >= 15 is 0 Å². The molecule has 29 heavy (non-hydrogen) atoms. The molecule has 0 unspecified atom stereocenters. The second kappa shape index (κ2) is 9.39. The van der Waals surface area contributed by atoms with E-state index < -0.39 is 10.0 Å². The highest BCUT2D eigenvalue weighted by Gasteiger charge is 2.29. The van der Waals surface area contributed by atoms with E-state index in [0.717, 1.165) is 17.7 Å². The molecular formula is C21H26N2O5S. The van der Waals surface area contributed by atoms with Crippen LogP contribution in [0.2, 0.25) is 0 Å². The number of nitrogens with zero attached hydrogens (tertiary/aromatic N) is 1. The molecule has 8 heteroatoms. The van der Waals surface area contributed by atoms with Crippen LogP contribution in [0.4, 0.5) is 5.69 Å². The van der Waals surface area contributed by atoms with Crippen molar-refractivity contribution in [1.82, 2.24) is 4.31 Å². The number of carbonyl (C=O) groups is 1. The number of nitrogens with one attached hydrogen (secondary N) is 1. The van der Waals surface area contributed by atoms with Crippen LogP contribution in [0.3, 0.4) is 0 Å². The van der Waals surface area contributed by atoms with E-state index in [1.54, 1.807) is 12.1 Å². The van der Waals surface area contributed by atoms with E-state index in [0.29, 0.717) is 31.9 Å². The molecule has 1 aliphatic rings. The van der Waals surface area contributed by atoms with Gasteiger partial charge in [0, 0.05) is 18.8 Å². The lowest BCUT2D eigenvalue weighted by Crippen LogP contribution is -2.40. The summed E-state index contributed by atoms with van der Waals surface area (Å²) in [6, 6.07) is 12.5. The van der Waals surface area contributed by atoms with Crippen molar-refractivity contribution in [3.63, 3.8) is 0 Å². The van der Waals surface area contributed by atoms with Gasteiger partial charge in [-0.2, -0.15) is 4.31 Å². The smallest absolute Gasteiger partial charge is 0.246 e.